The third-order valence-corrected chi connectivity index (χ3v) is 5.31. The summed E-state index contributed by atoms with van der Waals surface area (Å²) in [6.45, 7) is 4.24. The Bertz CT molecular complexity index is 683. The molecule has 0 aromatic heterocycles. The fourth-order valence-electron chi connectivity index (χ4n) is 2.75. The fourth-order valence-corrected chi connectivity index (χ4v) is 3.70. The van der Waals surface area contributed by atoms with Crippen molar-refractivity contribution < 1.29 is 24.3 Å². The highest BCUT2D eigenvalue weighted by Gasteiger charge is 2.34. The lowest BCUT2D eigenvalue weighted by Gasteiger charge is -2.33. The second kappa shape index (κ2) is 9.38. The van der Waals surface area contributed by atoms with Gasteiger partial charge in [-0.05, 0) is 30.2 Å². The molecule has 0 radical (unpaired) electrons. The van der Waals surface area contributed by atoms with Gasteiger partial charge in [-0.25, -0.2) is 0 Å². The predicted molar refractivity (Wildman–Crippen MR) is 98.2 cm³/mol. The van der Waals surface area contributed by atoms with Crippen LogP contribution >= 0.6 is 11.8 Å². The van der Waals surface area contributed by atoms with E-state index in [0.29, 0.717) is 24.2 Å². The molecule has 2 rings (SSSR count). The van der Waals surface area contributed by atoms with Gasteiger partial charge in [-0.2, -0.15) is 0 Å². The van der Waals surface area contributed by atoms with Crippen molar-refractivity contribution >= 4 is 35.5 Å². The minimum Gasteiger partial charge on any atom is -0.481 e. The van der Waals surface area contributed by atoms with Gasteiger partial charge in [-0.15, -0.1) is 11.8 Å². The number of carbonyl (C=O) groups is 4. The molecule has 1 saturated heterocycles. The molecule has 26 heavy (non-hydrogen) atoms. The lowest BCUT2D eigenvalue weighted by molar-refractivity contribution is -0.144. The molecule has 2 aliphatic heterocycles. The zero-order chi connectivity index (χ0) is 19.1. The summed E-state index contributed by atoms with van der Waals surface area (Å²) in [5, 5.41) is 11.0. The molecule has 3 amide bonds. The van der Waals surface area contributed by atoms with E-state index < -0.39 is 17.9 Å². The van der Waals surface area contributed by atoms with E-state index in [9.17, 15) is 19.2 Å². The van der Waals surface area contributed by atoms with E-state index in [4.69, 9.17) is 5.11 Å². The molecule has 0 aromatic rings. The van der Waals surface area contributed by atoms with Gasteiger partial charge in [0.1, 0.15) is 6.04 Å². The van der Waals surface area contributed by atoms with Crippen LogP contribution in [0.2, 0.25) is 0 Å². The van der Waals surface area contributed by atoms with Crippen LogP contribution in [0, 0.1) is 0 Å². The second-order valence-electron chi connectivity index (χ2n) is 6.10. The van der Waals surface area contributed by atoms with E-state index in [-0.39, 0.29) is 37.6 Å². The molecule has 140 valence electrons. The van der Waals surface area contributed by atoms with Crippen LogP contribution in [-0.2, 0) is 19.2 Å². The first-order valence-electron chi connectivity index (χ1n) is 8.41. The molecular formula is C18H22N2O5S. The smallest absolute Gasteiger partial charge is 0.303 e. The maximum atomic E-state index is 12.5. The number of allylic oxidation sites excluding steroid dienone is 2. The summed E-state index contributed by atoms with van der Waals surface area (Å²) in [5.41, 5.74) is 0.690. The highest BCUT2D eigenvalue weighted by Crippen LogP contribution is 2.27. The predicted octanol–water partition coefficient (Wildman–Crippen LogP) is 1.62. The monoisotopic (exact) mass is 378 g/mol. The van der Waals surface area contributed by atoms with Crippen molar-refractivity contribution in [2.24, 2.45) is 0 Å². The van der Waals surface area contributed by atoms with E-state index in [1.807, 2.05) is 6.08 Å². The van der Waals surface area contributed by atoms with E-state index in [0.717, 1.165) is 4.91 Å². The first-order valence-corrected chi connectivity index (χ1v) is 9.39. The zero-order valence-corrected chi connectivity index (χ0v) is 15.2. The summed E-state index contributed by atoms with van der Waals surface area (Å²) in [6, 6.07) is -0.679. The molecule has 0 aromatic carbocycles. The Morgan fingerprint density at radius 3 is 2.85 bits per heavy atom. The zero-order valence-electron chi connectivity index (χ0n) is 14.4. The van der Waals surface area contributed by atoms with E-state index >= 15 is 0 Å². The molecule has 2 N–H and O–H groups in total. The topological polar surface area (TPSA) is 104 Å². The van der Waals surface area contributed by atoms with Crippen molar-refractivity contribution in [1.29, 1.82) is 0 Å². The van der Waals surface area contributed by atoms with E-state index in [1.54, 1.807) is 12.2 Å². The van der Waals surface area contributed by atoms with Crippen molar-refractivity contribution in [2.45, 2.75) is 38.1 Å². The van der Waals surface area contributed by atoms with Crippen LogP contribution in [0.25, 0.3) is 0 Å². The molecule has 2 aliphatic rings. The summed E-state index contributed by atoms with van der Waals surface area (Å²) < 4.78 is 0. The number of nitrogens with one attached hydrogen (secondary N) is 1. The molecule has 0 spiro atoms. The summed E-state index contributed by atoms with van der Waals surface area (Å²) in [5.74, 6) is -1.18. The molecule has 8 heteroatoms. The molecule has 0 aliphatic carbocycles. The van der Waals surface area contributed by atoms with E-state index in [2.05, 4.69) is 11.9 Å². The summed E-state index contributed by atoms with van der Waals surface area (Å²) in [6.07, 6.45) is 6.66. The minimum atomic E-state index is -0.831. The van der Waals surface area contributed by atoms with Gasteiger partial charge in [0.05, 0.1) is 0 Å². The van der Waals surface area contributed by atoms with Gasteiger partial charge in [-0.1, -0.05) is 18.7 Å². The average molecular weight is 378 g/mol. The lowest BCUT2D eigenvalue weighted by atomic mass is 10.0. The number of piperidine rings is 1. The van der Waals surface area contributed by atoms with Crippen molar-refractivity contribution in [3.63, 3.8) is 0 Å². The number of thioether (sulfide) groups is 1. The van der Waals surface area contributed by atoms with Gasteiger partial charge in [0, 0.05) is 30.7 Å². The molecule has 1 atom stereocenters. The third kappa shape index (κ3) is 5.59. The first-order chi connectivity index (χ1) is 12.4. The number of carboxylic acids is 1. The molecule has 1 fully saturated rings. The van der Waals surface area contributed by atoms with Crippen LogP contribution in [0.4, 0.5) is 0 Å². The maximum absolute atomic E-state index is 12.5. The second-order valence-corrected chi connectivity index (χ2v) is 7.24. The number of hydrogen-bond acceptors (Lipinski definition) is 5. The normalized spacial score (nSPS) is 24.8. The number of imide groups is 1. The van der Waals surface area contributed by atoms with Crippen LogP contribution in [0.3, 0.4) is 0 Å². The Labute approximate surface area is 156 Å². The summed E-state index contributed by atoms with van der Waals surface area (Å²) in [4.78, 5) is 49.0. The number of aliphatic carboxylic acids is 1. The van der Waals surface area contributed by atoms with Crippen molar-refractivity contribution in [1.82, 2.24) is 10.2 Å². The fraction of sp³-hybridized carbons (Fsp3) is 0.444. The van der Waals surface area contributed by atoms with Gasteiger partial charge in [0.2, 0.25) is 17.7 Å². The Kier molecular flexibility index (Phi) is 7.20. The number of nitrogens with zero attached hydrogens (tertiary/aromatic N) is 1. The molecule has 0 saturated carbocycles. The van der Waals surface area contributed by atoms with Gasteiger partial charge in [-0.3, -0.25) is 24.5 Å². The van der Waals surface area contributed by atoms with Gasteiger partial charge in [0.25, 0.3) is 0 Å². The third-order valence-electron chi connectivity index (χ3n) is 4.09. The highest BCUT2D eigenvalue weighted by atomic mass is 32.2. The van der Waals surface area contributed by atoms with Gasteiger partial charge >= 0.3 is 5.97 Å². The standard InChI is InChI=1S/C18H22N2O5S/c1-12-11-20(13-8-9-15(21)19-18(13)25)16(22)6-3-2-5-14(12)26-10-4-7-17(23)24/h2-3,5,13H,1,4,6-11H2,(H,23,24)(H,19,21,25)/b3-2-,14-5+. The molecule has 1 unspecified atom stereocenters. The van der Waals surface area contributed by atoms with Gasteiger partial charge < -0.3 is 10.0 Å². The number of carboxylic acid groups (broad SMARTS) is 1. The highest BCUT2D eigenvalue weighted by molar-refractivity contribution is 8.03. The average Bonchev–Trinajstić information content (AvgIpc) is 2.63. The summed E-state index contributed by atoms with van der Waals surface area (Å²) >= 11 is 1.48. The molecular weight excluding hydrogens is 356 g/mol. The maximum Gasteiger partial charge on any atom is 0.303 e. The Morgan fingerprint density at radius 2 is 2.15 bits per heavy atom. The molecule has 7 nitrogen and oxygen atoms in total. The minimum absolute atomic E-state index is 0.101. The van der Waals surface area contributed by atoms with Crippen LogP contribution in [0.15, 0.2) is 35.3 Å². The number of hydrogen-bond donors (Lipinski definition) is 2. The van der Waals surface area contributed by atoms with Crippen molar-refractivity contribution in [2.75, 3.05) is 12.3 Å². The SMILES string of the molecule is C=C1CN(C2CCC(=O)NC2=O)C(=O)C/C=C\C=C/1SCCCC(=O)O. The lowest BCUT2D eigenvalue weighted by Crippen LogP contribution is -2.54. The Hall–Kier alpha value is -2.35. The van der Waals surface area contributed by atoms with E-state index in [1.165, 1.54) is 16.7 Å². The largest absolute Gasteiger partial charge is 0.481 e. The molecule has 0 bridgehead atoms. The number of carbonyl (C=O) groups excluding carboxylic acids is 3. The quantitative estimate of drug-likeness (QED) is 0.538. The van der Waals surface area contributed by atoms with Gasteiger partial charge in [0.15, 0.2) is 0 Å². The van der Waals surface area contributed by atoms with Crippen LogP contribution < -0.4 is 5.32 Å². The Morgan fingerprint density at radius 1 is 1.38 bits per heavy atom. The first kappa shape index (κ1) is 20.0. The van der Waals surface area contributed by atoms with Crippen LogP contribution in [0.1, 0.15) is 32.1 Å². The van der Waals surface area contributed by atoms with Crippen molar-refractivity contribution in [3.8, 4) is 0 Å². The Balaban J connectivity index is 2.07. The van der Waals surface area contributed by atoms with Crippen LogP contribution in [-0.4, -0.2) is 52.0 Å². The molecule has 2 heterocycles. The van der Waals surface area contributed by atoms with Crippen molar-refractivity contribution in [3.05, 3.63) is 35.3 Å². The number of rotatable bonds is 6. The van der Waals surface area contributed by atoms with Crippen LogP contribution in [0.5, 0.6) is 0 Å². The summed E-state index contributed by atoms with van der Waals surface area (Å²) in [7, 11) is 0. The number of amides is 3.